The maximum absolute atomic E-state index is 12.5. The highest BCUT2D eigenvalue weighted by molar-refractivity contribution is 5.94. The van der Waals surface area contributed by atoms with E-state index in [4.69, 9.17) is 10.8 Å². The molecule has 4 atom stereocenters. The van der Waals surface area contributed by atoms with Crippen molar-refractivity contribution >= 4 is 23.7 Å². The molecule has 0 heterocycles. The van der Waals surface area contributed by atoms with E-state index in [1.165, 1.54) is 6.92 Å². The maximum atomic E-state index is 12.5. The van der Waals surface area contributed by atoms with Gasteiger partial charge in [-0.1, -0.05) is 27.7 Å². The summed E-state index contributed by atoms with van der Waals surface area (Å²) in [5.41, 5.74) is 5.82. The van der Waals surface area contributed by atoms with Crippen molar-refractivity contribution in [2.45, 2.75) is 65.2 Å². The SMILES string of the molecule is CC(C)CC(N)C(=O)NC(C(=O)NC(CO)C(=O)NC(C)C(=O)O)C(C)C. The first-order valence-corrected chi connectivity index (χ1v) is 8.91. The molecule has 0 bridgehead atoms. The molecular weight excluding hydrogens is 356 g/mol. The van der Waals surface area contributed by atoms with Crippen LogP contribution >= 0.6 is 0 Å². The van der Waals surface area contributed by atoms with Gasteiger partial charge in [-0.2, -0.15) is 0 Å². The van der Waals surface area contributed by atoms with Gasteiger partial charge < -0.3 is 31.9 Å². The number of hydrogen-bond acceptors (Lipinski definition) is 6. The summed E-state index contributed by atoms with van der Waals surface area (Å²) in [5.74, 6) is -3.35. The zero-order valence-corrected chi connectivity index (χ0v) is 16.5. The van der Waals surface area contributed by atoms with Crippen molar-refractivity contribution in [2.24, 2.45) is 17.6 Å². The number of nitrogens with one attached hydrogen (secondary N) is 3. The summed E-state index contributed by atoms with van der Waals surface area (Å²) < 4.78 is 0. The predicted octanol–water partition coefficient (Wildman–Crippen LogP) is -1.43. The Morgan fingerprint density at radius 3 is 1.85 bits per heavy atom. The van der Waals surface area contributed by atoms with Gasteiger partial charge in [0.25, 0.3) is 0 Å². The molecule has 10 nitrogen and oxygen atoms in total. The molecule has 0 aromatic heterocycles. The summed E-state index contributed by atoms with van der Waals surface area (Å²) in [7, 11) is 0. The zero-order chi connectivity index (χ0) is 21.3. The van der Waals surface area contributed by atoms with Gasteiger partial charge in [0.15, 0.2) is 0 Å². The Bertz CT molecular complexity index is 538. The van der Waals surface area contributed by atoms with E-state index in [2.05, 4.69) is 16.0 Å². The Kier molecular flexibility index (Phi) is 10.6. The summed E-state index contributed by atoms with van der Waals surface area (Å²) in [6, 6.07) is -4.26. The van der Waals surface area contributed by atoms with Gasteiger partial charge in [-0.05, 0) is 25.2 Å². The lowest BCUT2D eigenvalue weighted by atomic mass is 10.00. The fourth-order valence-corrected chi connectivity index (χ4v) is 2.24. The summed E-state index contributed by atoms with van der Waals surface area (Å²) in [6.07, 6.45) is 0.451. The molecule has 0 radical (unpaired) electrons. The van der Waals surface area contributed by atoms with Crippen LogP contribution in [0.25, 0.3) is 0 Å². The van der Waals surface area contributed by atoms with Crippen LogP contribution in [0.1, 0.15) is 41.0 Å². The number of amides is 3. The van der Waals surface area contributed by atoms with Gasteiger partial charge in [0, 0.05) is 0 Å². The summed E-state index contributed by atoms with van der Waals surface area (Å²) in [6.45, 7) is 7.78. The first-order valence-electron chi connectivity index (χ1n) is 8.91. The van der Waals surface area contributed by atoms with Crippen molar-refractivity contribution in [3.05, 3.63) is 0 Å². The van der Waals surface area contributed by atoms with Gasteiger partial charge in [0.1, 0.15) is 18.1 Å². The molecule has 156 valence electrons. The van der Waals surface area contributed by atoms with Crippen LogP contribution in [0.5, 0.6) is 0 Å². The van der Waals surface area contributed by atoms with Crippen LogP contribution in [0.4, 0.5) is 0 Å². The zero-order valence-electron chi connectivity index (χ0n) is 16.5. The third-order valence-electron chi connectivity index (χ3n) is 3.85. The molecule has 0 aromatic carbocycles. The Balaban J connectivity index is 5.01. The van der Waals surface area contributed by atoms with Crippen LogP contribution in [-0.2, 0) is 19.2 Å². The number of carbonyl (C=O) groups excluding carboxylic acids is 3. The Morgan fingerprint density at radius 2 is 1.44 bits per heavy atom. The monoisotopic (exact) mass is 388 g/mol. The molecular formula is C17H32N4O6. The number of nitrogens with two attached hydrogens (primary N) is 1. The minimum Gasteiger partial charge on any atom is -0.480 e. The lowest BCUT2D eigenvalue weighted by Gasteiger charge is -2.26. The van der Waals surface area contributed by atoms with Crippen molar-refractivity contribution in [1.82, 2.24) is 16.0 Å². The van der Waals surface area contributed by atoms with E-state index in [0.29, 0.717) is 6.42 Å². The largest absolute Gasteiger partial charge is 0.480 e. The van der Waals surface area contributed by atoms with Crippen LogP contribution in [0.3, 0.4) is 0 Å². The second-order valence-electron chi connectivity index (χ2n) is 7.28. The lowest BCUT2D eigenvalue weighted by Crippen LogP contribution is -2.59. The molecule has 0 aromatic rings. The third kappa shape index (κ3) is 8.83. The summed E-state index contributed by atoms with van der Waals surface area (Å²) in [4.78, 5) is 47.5. The van der Waals surface area contributed by atoms with E-state index in [1.807, 2.05) is 13.8 Å². The van der Waals surface area contributed by atoms with E-state index in [-0.39, 0.29) is 11.8 Å². The Labute approximate surface area is 159 Å². The highest BCUT2D eigenvalue weighted by Crippen LogP contribution is 2.06. The average molecular weight is 388 g/mol. The van der Waals surface area contributed by atoms with E-state index < -0.39 is 54.5 Å². The Hall–Kier alpha value is -2.20. The topological polar surface area (TPSA) is 171 Å². The highest BCUT2D eigenvalue weighted by Gasteiger charge is 2.30. The van der Waals surface area contributed by atoms with Crippen LogP contribution < -0.4 is 21.7 Å². The molecule has 0 aliphatic carbocycles. The van der Waals surface area contributed by atoms with Gasteiger partial charge in [-0.25, -0.2) is 0 Å². The molecule has 0 rings (SSSR count). The molecule has 0 saturated carbocycles. The van der Waals surface area contributed by atoms with Gasteiger partial charge in [-0.15, -0.1) is 0 Å². The first kappa shape index (κ1) is 24.8. The van der Waals surface area contributed by atoms with Crippen LogP contribution in [-0.4, -0.2) is 64.7 Å². The van der Waals surface area contributed by atoms with Crippen molar-refractivity contribution in [3.8, 4) is 0 Å². The number of rotatable bonds is 11. The van der Waals surface area contributed by atoms with Crippen LogP contribution in [0.2, 0.25) is 0 Å². The van der Waals surface area contributed by atoms with Crippen molar-refractivity contribution in [1.29, 1.82) is 0 Å². The number of aliphatic carboxylic acids is 1. The van der Waals surface area contributed by atoms with Gasteiger partial charge in [-0.3, -0.25) is 19.2 Å². The fourth-order valence-electron chi connectivity index (χ4n) is 2.24. The molecule has 4 unspecified atom stereocenters. The smallest absolute Gasteiger partial charge is 0.325 e. The maximum Gasteiger partial charge on any atom is 0.325 e. The fraction of sp³-hybridized carbons (Fsp3) is 0.765. The minimum absolute atomic E-state index is 0.204. The normalized spacial score (nSPS) is 15.6. The van der Waals surface area contributed by atoms with Crippen LogP contribution in [0, 0.1) is 11.8 Å². The van der Waals surface area contributed by atoms with Gasteiger partial charge in [0.2, 0.25) is 17.7 Å². The average Bonchev–Trinajstić information content (AvgIpc) is 2.55. The first-order chi connectivity index (χ1) is 12.4. The number of hydrogen-bond donors (Lipinski definition) is 6. The number of carboxylic acids is 1. The van der Waals surface area contributed by atoms with Crippen molar-refractivity contribution < 1.29 is 29.4 Å². The molecule has 27 heavy (non-hydrogen) atoms. The summed E-state index contributed by atoms with van der Waals surface area (Å²) >= 11 is 0. The van der Waals surface area contributed by atoms with Gasteiger partial charge in [0.05, 0.1) is 12.6 Å². The second-order valence-corrected chi connectivity index (χ2v) is 7.28. The molecule has 0 aliphatic rings. The molecule has 0 spiro atoms. The second kappa shape index (κ2) is 11.5. The highest BCUT2D eigenvalue weighted by atomic mass is 16.4. The van der Waals surface area contributed by atoms with Crippen molar-refractivity contribution in [3.63, 3.8) is 0 Å². The standard InChI is InChI=1S/C17H32N4O6/c1-8(2)6-11(18)14(23)21-13(9(3)4)16(25)20-12(7-22)15(24)19-10(5)17(26)27/h8-13,22H,6-7,18H2,1-5H3,(H,19,24)(H,20,25)(H,21,23)(H,26,27). The van der Waals surface area contributed by atoms with Gasteiger partial charge >= 0.3 is 5.97 Å². The number of aliphatic hydroxyl groups is 1. The number of carbonyl (C=O) groups is 4. The quantitative estimate of drug-likeness (QED) is 0.252. The summed E-state index contributed by atoms with van der Waals surface area (Å²) in [5, 5.41) is 25.2. The number of carboxylic acid groups (broad SMARTS) is 1. The van der Waals surface area contributed by atoms with Crippen molar-refractivity contribution in [2.75, 3.05) is 6.61 Å². The van der Waals surface area contributed by atoms with Crippen LogP contribution in [0.15, 0.2) is 0 Å². The molecule has 3 amide bonds. The van der Waals surface area contributed by atoms with E-state index in [1.54, 1.807) is 13.8 Å². The predicted molar refractivity (Wildman–Crippen MR) is 98.5 cm³/mol. The number of aliphatic hydroxyl groups excluding tert-OH is 1. The Morgan fingerprint density at radius 1 is 0.889 bits per heavy atom. The molecule has 0 fully saturated rings. The van der Waals surface area contributed by atoms with E-state index in [9.17, 15) is 24.3 Å². The molecule has 10 heteroatoms. The molecule has 0 aliphatic heterocycles. The third-order valence-corrected chi connectivity index (χ3v) is 3.85. The lowest BCUT2D eigenvalue weighted by molar-refractivity contribution is -0.142. The van der Waals surface area contributed by atoms with E-state index in [0.717, 1.165) is 0 Å². The van der Waals surface area contributed by atoms with E-state index >= 15 is 0 Å². The molecule has 7 N–H and O–H groups in total. The minimum atomic E-state index is -1.35. The molecule has 0 saturated heterocycles.